The van der Waals surface area contributed by atoms with Crippen LogP contribution in [0.3, 0.4) is 0 Å². The summed E-state index contributed by atoms with van der Waals surface area (Å²) >= 11 is 5.41. The molecule has 0 amide bonds. The second kappa shape index (κ2) is 4.79. The van der Waals surface area contributed by atoms with Crippen molar-refractivity contribution < 1.29 is 4.39 Å². The quantitative estimate of drug-likeness (QED) is 0.463. The lowest BCUT2D eigenvalue weighted by molar-refractivity contribution is 0.624. The summed E-state index contributed by atoms with van der Waals surface area (Å²) in [4.78, 5) is 0. The minimum atomic E-state index is -0.278. The molecular formula is C10H8ClF. The number of alkyl halides is 1. The summed E-state index contributed by atoms with van der Waals surface area (Å²) in [6, 6.07) is 6.44. The van der Waals surface area contributed by atoms with Gasteiger partial charge in [-0.1, -0.05) is 24.0 Å². The second-order valence-corrected chi connectivity index (χ2v) is 2.60. The Morgan fingerprint density at radius 3 is 2.75 bits per heavy atom. The summed E-state index contributed by atoms with van der Waals surface area (Å²) in [6.07, 6.45) is 0.593. The van der Waals surface area contributed by atoms with Crippen LogP contribution in [-0.2, 0) is 0 Å². The lowest BCUT2D eigenvalue weighted by atomic mass is 10.2. The van der Waals surface area contributed by atoms with E-state index in [0.717, 1.165) is 0 Å². The van der Waals surface area contributed by atoms with Crippen LogP contribution >= 0.6 is 11.6 Å². The van der Waals surface area contributed by atoms with E-state index in [4.69, 9.17) is 11.6 Å². The van der Waals surface area contributed by atoms with Crippen LogP contribution in [-0.4, -0.2) is 5.88 Å². The van der Waals surface area contributed by atoms with E-state index in [1.807, 2.05) is 0 Å². The third kappa shape index (κ3) is 2.56. The van der Waals surface area contributed by atoms with E-state index in [1.165, 1.54) is 6.07 Å². The van der Waals surface area contributed by atoms with Gasteiger partial charge < -0.3 is 0 Å². The second-order valence-electron chi connectivity index (χ2n) is 2.22. The molecule has 0 aliphatic rings. The molecule has 0 atom stereocenters. The van der Waals surface area contributed by atoms with Crippen molar-refractivity contribution >= 4 is 11.6 Å². The molecule has 0 heterocycles. The molecule has 0 spiro atoms. The Bertz CT molecular complexity index is 309. The van der Waals surface area contributed by atoms with E-state index in [1.54, 1.807) is 18.2 Å². The topological polar surface area (TPSA) is 0 Å². The molecule has 2 heteroatoms. The Morgan fingerprint density at radius 2 is 2.08 bits per heavy atom. The number of hydrogen-bond donors (Lipinski definition) is 0. The molecule has 12 heavy (non-hydrogen) atoms. The lowest BCUT2D eigenvalue weighted by Gasteiger charge is -1.90. The van der Waals surface area contributed by atoms with E-state index >= 15 is 0 Å². The molecule has 0 saturated heterocycles. The normalized spacial score (nSPS) is 8.83. The van der Waals surface area contributed by atoms with Crippen molar-refractivity contribution in [2.75, 3.05) is 5.88 Å². The summed E-state index contributed by atoms with van der Waals surface area (Å²) in [5.41, 5.74) is 0.433. The highest BCUT2D eigenvalue weighted by Gasteiger charge is 1.93. The predicted molar refractivity (Wildman–Crippen MR) is 48.6 cm³/mol. The van der Waals surface area contributed by atoms with Crippen LogP contribution in [0.15, 0.2) is 24.3 Å². The van der Waals surface area contributed by atoms with Crippen LogP contribution in [0.5, 0.6) is 0 Å². The highest BCUT2D eigenvalue weighted by atomic mass is 35.5. The van der Waals surface area contributed by atoms with Crippen LogP contribution in [0.2, 0.25) is 0 Å². The molecule has 0 nitrogen and oxygen atoms in total. The zero-order chi connectivity index (χ0) is 8.81. The fourth-order valence-electron chi connectivity index (χ4n) is 0.768. The van der Waals surface area contributed by atoms with E-state index in [2.05, 4.69) is 11.8 Å². The third-order valence-electron chi connectivity index (χ3n) is 1.32. The van der Waals surface area contributed by atoms with E-state index < -0.39 is 0 Å². The first-order chi connectivity index (χ1) is 5.84. The van der Waals surface area contributed by atoms with Gasteiger partial charge in [-0.2, -0.15) is 0 Å². The maximum Gasteiger partial charge on any atom is 0.138 e. The molecule has 0 N–H and O–H groups in total. The van der Waals surface area contributed by atoms with Crippen molar-refractivity contribution in [1.82, 2.24) is 0 Å². The average molecular weight is 183 g/mol. The number of benzene rings is 1. The molecule has 0 aliphatic carbocycles. The van der Waals surface area contributed by atoms with Crippen molar-refractivity contribution in [3.8, 4) is 11.8 Å². The van der Waals surface area contributed by atoms with Crippen LogP contribution in [0.4, 0.5) is 4.39 Å². The molecule has 1 aromatic carbocycles. The minimum absolute atomic E-state index is 0.278. The first kappa shape index (κ1) is 9.09. The zero-order valence-electron chi connectivity index (χ0n) is 6.48. The van der Waals surface area contributed by atoms with Gasteiger partial charge in [0, 0.05) is 12.3 Å². The van der Waals surface area contributed by atoms with Gasteiger partial charge in [-0.3, -0.25) is 0 Å². The minimum Gasteiger partial charge on any atom is -0.206 e. The van der Waals surface area contributed by atoms with Crippen molar-refractivity contribution in [3.05, 3.63) is 35.6 Å². The van der Waals surface area contributed by atoms with Gasteiger partial charge in [0.25, 0.3) is 0 Å². The van der Waals surface area contributed by atoms with Crippen molar-refractivity contribution in [2.24, 2.45) is 0 Å². The monoisotopic (exact) mass is 182 g/mol. The van der Waals surface area contributed by atoms with Crippen molar-refractivity contribution in [2.45, 2.75) is 6.42 Å². The van der Waals surface area contributed by atoms with Gasteiger partial charge in [-0.25, -0.2) is 4.39 Å². The highest BCUT2D eigenvalue weighted by Crippen LogP contribution is 2.03. The Labute approximate surface area is 76.4 Å². The molecule has 0 radical (unpaired) electrons. The van der Waals surface area contributed by atoms with Crippen LogP contribution in [0.1, 0.15) is 12.0 Å². The van der Waals surface area contributed by atoms with E-state index in [-0.39, 0.29) is 5.82 Å². The zero-order valence-corrected chi connectivity index (χ0v) is 7.24. The van der Waals surface area contributed by atoms with Gasteiger partial charge in [-0.05, 0) is 12.1 Å². The Morgan fingerprint density at radius 1 is 1.33 bits per heavy atom. The fourth-order valence-corrected chi connectivity index (χ4v) is 0.862. The largest absolute Gasteiger partial charge is 0.206 e. The molecule has 0 aliphatic heterocycles. The molecule has 62 valence electrons. The summed E-state index contributed by atoms with van der Waals surface area (Å²) in [5.74, 6) is 5.68. The molecule has 1 aromatic rings. The van der Waals surface area contributed by atoms with E-state index in [9.17, 15) is 4.39 Å². The summed E-state index contributed by atoms with van der Waals surface area (Å²) in [6.45, 7) is 0. The van der Waals surface area contributed by atoms with Crippen LogP contribution in [0, 0.1) is 17.7 Å². The molecule has 0 aromatic heterocycles. The summed E-state index contributed by atoms with van der Waals surface area (Å²) < 4.78 is 12.9. The molecule has 0 fully saturated rings. The summed E-state index contributed by atoms with van der Waals surface area (Å²) in [5, 5.41) is 0. The molecule has 1 rings (SSSR count). The van der Waals surface area contributed by atoms with Gasteiger partial charge in [0.2, 0.25) is 0 Å². The van der Waals surface area contributed by atoms with Crippen molar-refractivity contribution in [1.29, 1.82) is 0 Å². The number of rotatable bonds is 1. The number of hydrogen-bond acceptors (Lipinski definition) is 0. The SMILES string of the molecule is Fc1ccccc1C#CCCCl. The van der Waals surface area contributed by atoms with E-state index in [0.29, 0.717) is 17.9 Å². The maximum absolute atomic E-state index is 12.9. The van der Waals surface area contributed by atoms with Gasteiger partial charge >= 0.3 is 0 Å². The van der Waals surface area contributed by atoms with Gasteiger partial charge in [0.1, 0.15) is 5.82 Å². The third-order valence-corrected chi connectivity index (χ3v) is 1.51. The van der Waals surface area contributed by atoms with Gasteiger partial charge in [-0.15, -0.1) is 11.6 Å². The smallest absolute Gasteiger partial charge is 0.138 e. The Hall–Kier alpha value is -1.00. The molecule has 0 saturated carbocycles. The van der Waals surface area contributed by atoms with Crippen molar-refractivity contribution in [3.63, 3.8) is 0 Å². The van der Waals surface area contributed by atoms with Crippen LogP contribution in [0.25, 0.3) is 0 Å². The number of halogens is 2. The van der Waals surface area contributed by atoms with Gasteiger partial charge in [0.05, 0.1) is 5.56 Å². The van der Waals surface area contributed by atoms with Crippen LogP contribution < -0.4 is 0 Å². The standard InChI is InChI=1S/C10H8ClF/c11-8-4-3-6-9-5-1-2-7-10(9)12/h1-2,5,7H,4,8H2. The summed E-state index contributed by atoms with van der Waals surface area (Å²) in [7, 11) is 0. The Kier molecular flexibility index (Phi) is 3.63. The first-order valence-electron chi connectivity index (χ1n) is 3.64. The lowest BCUT2D eigenvalue weighted by Crippen LogP contribution is -1.80. The first-order valence-corrected chi connectivity index (χ1v) is 4.17. The molecule has 0 bridgehead atoms. The maximum atomic E-state index is 12.9. The highest BCUT2D eigenvalue weighted by molar-refractivity contribution is 6.18. The van der Waals surface area contributed by atoms with Gasteiger partial charge in [0.15, 0.2) is 0 Å². The predicted octanol–water partition coefficient (Wildman–Crippen LogP) is 2.81. The molecule has 0 unspecified atom stereocenters. The average Bonchev–Trinajstić information content (AvgIpc) is 2.09. The molecular weight excluding hydrogens is 175 g/mol. The fraction of sp³-hybridized carbons (Fsp3) is 0.200. The Balaban J connectivity index is 2.77.